The first kappa shape index (κ1) is 12.4. The lowest BCUT2D eigenvalue weighted by molar-refractivity contribution is 0.0846. The van der Waals surface area contributed by atoms with Gasteiger partial charge in [-0.05, 0) is 23.8 Å². The van der Waals surface area contributed by atoms with Crippen LogP contribution in [0.3, 0.4) is 0 Å². The molecule has 98 valence electrons. The summed E-state index contributed by atoms with van der Waals surface area (Å²) < 4.78 is 0. The van der Waals surface area contributed by atoms with Gasteiger partial charge in [0.1, 0.15) is 0 Å². The average molecular weight is 261 g/mol. The van der Waals surface area contributed by atoms with Crippen LogP contribution in [0.15, 0.2) is 78.9 Å². The maximum Gasteiger partial charge on any atom is 0.258 e. The molecule has 0 fully saturated rings. The molecule has 0 bridgehead atoms. The van der Waals surface area contributed by atoms with Crippen molar-refractivity contribution in [2.24, 2.45) is 0 Å². The van der Waals surface area contributed by atoms with E-state index < -0.39 is 0 Å². The van der Waals surface area contributed by atoms with Crippen LogP contribution in [0.4, 0.5) is 0 Å². The number of nitrogens with zero attached hydrogens (tertiary/aromatic N) is 1. The van der Waals surface area contributed by atoms with E-state index in [0.717, 1.165) is 11.3 Å². The second kappa shape index (κ2) is 5.57. The van der Waals surface area contributed by atoms with Crippen molar-refractivity contribution in [1.29, 1.82) is 0 Å². The number of allylic oxidation sites excluding steroid dienone is 2. The number of amides is 1. The van der Waals surface area contributed by atoms with Crippen LogP contribution in [0.5, 0.6) is 0 Å². The molecule has 2 aromatic rings. The monoisotopic (exact) mass is 261 g/mol. The fourth-order valence-corrected chi connectivity index (χ4v) is 2.30. The predicted octanol–water partition coefficient (Wildman–Crippen LogP) is 3.74. The van der Waals surface area contributed by atoms with E-state index in [1.165, 1.54) is 0 Å². The molecule has 1 aliphatic heterocycles. The van der Waals surface area contributed by atoms with E-state index in [2.05, 4.69) is 0 Å². The first-order valence-electron chi connectivity index (χ1n) is 6.65. The number of carbonyl (C=O) groups excluding carboxylic acids is 1. The average Bonchev–Trinajstić information content (AvgIpc) is 2.56. The van der Waals surface area contributed by atoms with Gasteiger partial charge in [-0.25, -0.2) is 0 Å². The number of carbonyl (C=O) groups is 1. The van der Waals surface area contributed by atoms with Crippen LogP contribution in [0, 0.1) is 0 Å². The minimum Gasteiger partial charge on any atom is -0.304 e. The predicted molar refractivity (Wildman–Crippen MR) is 81.0 cm³/mol. The maximum atomic E-state index is 12.6. The van der Waals surface area contributed by atoms with Gasteiger partial charge in [0.2, 0.25) is 0 Å². The van der Waals surface area contributed by atoms with Crippen LogP contribution in [0.1, 0.15) is 15.9 Å². The van der Waals surface area contributed by atoms with Gasteiger partial charge in [-0.1, -0.05) is 60.7 Å². The third-order valence-electron chi connectivity index (χ3n) is 3.30. The highest BCUT2D eigenvalue weighted by atomic mass is 16.2. The third-order valence-corrected chi connectivity index (χ3v) is 3.30. The zero-order valence-electron chi connectivity index (χ0n) is 11.1. The van der Waals surface area contributed by atoms with Gasteiger partial charge in [0, 0.05) is 12.1 Å². The van der Waals surface area contributed by atoms with E-state index in [9.17, 15) is 4.79 Å². The normalized spacial score (nSPS) is 14.0. The van der Waals surface area contributed by atoms with Gasteiger partial charge in [-0.2, -0.15) is 0 Å². The number of hydrogen-bond donors (Lipinski definition) is 0. The molecule has 0 radical (unpaired) electrons. The molecule has 0 aliphatic carbocycles. The molecule has 0 aromatic heterocycles. The summed E-state index contributed by atoms with van der Waals surface area (Å²) in [5, 5.41) is 0. The summed E-state index contributed by atoms with van der Waals surface area (Å²) >= 11 is 0. The first-order chi connectivity index (χ1) is 9.86. The number of benzene rings is 2. The molecule has 0 saturated carbocycles. The summed E-state index contributed by atoms with van der Waals surface area (Å²) in [4.78, 5) is 14.4. The topological polar surface area (TPSA) is 20.3 Å². The zero-order valence-corrected chi connectivity index (χ0v) is 11.1. The van der Waals surface area contributed by atoms with E-state index in [1.54, 1.807) is 0 Å². The quantitative estimate of drug-likeness (QED) is 0.806. The summed E-state index contributed by atoms with van der Waals surface area (Å²) in [5.74, 6) is 0.0325. The Kier molecular flexibility index (Phi) is 3.46. The SMILES string of the molecule is O=C(c1ccccc1)N1CC=CC=C1c1ccccc1. The smallest absolute Gasteiger partial charge is 0.258 e. The maximum absolute atomic E-state index is 12.6. The second-order valence-electron chi connectivity index (χ2n) is 4.63. The highest BCUT2D eigenvalue weighted by Crippen LogP contribution is 2.23. The van der Waals surface area contributed by atoms with Gasteiger partial charge in [0.25, 0.3) is 5.91 Å². The molecular formula is C18H15NO. The van der Waals surface area contributed by atoms with Crippen molar-refractivity contribution in [2.75, 3.05) is 6.54 Å². The molecule has 0 atom stereocenters. The zero-order chi connectivity index (χ0) is 13.8. The van der Waals surface area contributed by atoms with Gasteiger partial charge in [-0.15, -0.1) is 0 Å². The molecule has 20 heavy (non-hydrogen) atoms. The van der Waals surface area contributed by atoms with Crippen molar-refractivity contribution in [1.82, 2.24) is 4.90 Å². The molecule has 2 nitrogen and oxygen atoms in total. The van der Waals surface area contributed by atoms with Crippen molar-refractivity contribution < 1.29 is 4.79 Å². The van der Waals surface area contributed by atoms with E-state index in [1.807, 2.05) is 83.8 Å². The van der Waals surface area contributed by atoms with E-state index in [-0.39, 0.29) is 5.91 Å². The van der Waals surface area contributed by atoms with Crippen LogP contribution >= 0.6 is 0 Å². The Hall–Kier alpha value is -2.61. The second-order valence-corrected chi connectivity index (χ2v) is 4.63. The summed E-state index contributed by atoms with van der Waals surface area (Å²) in [5.41, 5.74) is 2.72. The largest absolute Gasteiger partial charge is 0.304 e. The van der Waals surface area contributed by atoms with Crippen molar-refractivity contribution in [3.8, 4) is 0 Å². The van der Waals surface area contributed by atoms with Gasteiger partial charge < -0.3 is 4.90 Å². The third kappa shape index (κ3) is 2.41. The summed E-state index contributed by atoms with van der Waals surface area (Å²) in [6.45, 7) is 0.606. The van der Waals surface area contributed by atoms with Gasteiger partial charge in [-0.3, -0.25) is 4.79 Å². The van der Waals surface area contributed by atoms with Crippen molar-refractivity contribution in [2.45, 2.75) is 0 Å². The van der Waals surface area contributed by atoms with Crippen molar-refractivity contribution >= 4 is 11.6 Å². The Bertz CT molecular complexity index is 656. The molecule has 0 N–H and O–H groups in total. The lowest BCUT2D eigenvalue weighted by Crippen LogP contribution is -2.31. The minimum atomic E-state index is 0.0325. The Morgan fingerprint density at radius 3 is 2.25 bits per heavy atom. The van der Waals surface area contributed by atoms with Crippen LogP contribution in [0.25, 0.3) is 5.70 Å². The number of hydrogen-bond acceptors (Lipinski definition) is 1. The molecule has 1 aliphatic rings. The summed E-state index contributed by atoms with van der Waals surface area (Å²) in [6.07, 6.45) is 5.98. The highest BCUT2D eigenvalue weighted by Gasteiger charge is 2.20. The number of rotatable bonds is 2. The van der Waals surface area contributed by atoms with Gasteiger partial charge in [0.15, 0.2) is 0 Å². The molecule has 0 saturated heterocycles. The molecule has 0 unspecified atom stereocenters. The Balaban J connectivity index is 1.95. The fourth-order valence-electron chi connectivity index (χ4n) is 2.30. The van der Waals surface area contributed by atoms with Crippen LogP contribution in [-0.4, -0.2) is 17.4 Å². The van der Waals surface area contributed by atoms with Crippen molar-refractivity contribution in [3.63, 3.8) is 0 Å². The Morgan fingerprint density at radius 1 is 0.900 bits per heavy atom. The van der Waals surface area contributed by atoms with Gasteiger partial charge in [0.05, 0.1) is 5.70 Å². The van der Waals surface area contributed by atoms with Crippen LogP contribution < -0.4 is 0 Å². The van der Waals surface area contributed by atoms with Crippen LogP contribution in [0.2, 0.25) is 0 Å². The minimum absolute atomic E-state index is 0.0325. The van der Waals surface area contributed by atoms with Crippen molar-refractivity contribution in [3.05, 3.63) is 90.0 Å². The van der Waals surface area contributed by atoms with Crippen LogP contribution in [-0.2, 0) is 0 Å². The summed E-state index contributed by atoms with van der Waals surface area (Å²) in [6, 6.07) is 19.4. The van der Waals surface area contributed by atoms with Gasteiger partial charge >= 0.3 is 0 Å². The van der Waals surface area contributed by atoms with E-state index in [0.29, 0.717) is 12.1 Å². The first-order valence-corrected chi connectivity index (χ1v) is 6.65. The molecular weight excluding hydrogens is 246 g/mol. The standard InChI is InChI=1S/C18H15NO/c20-18(16-11-5-2-6-12-16)19-14-8-7-13-17(19)15-9-3-1-4-10-15/h1-13H,14H2. The highest BCUT2D eigenvalue weighted by molar-refractivity contribution is 6.00. The fraction of sp³-hybridized carbons (Fsp3) is 0.0556. The molecule has 1 heterocycles. The lowest BCUT2D eigenvalue weighted by atomic mass is 10.1. The molecule has 2 heteroatoms. The van der Waals surface area contributed by atoms with E-state index >= 15 is 0 Å². The Morgan fingerprint density at radius 2 is 1.55 bits per heavy atom. The lowest BCUT2D eigenvalue weighted by Gasteiger charge is -2.26. The molecule has 2 aromatic carbocycles. The summed E-state index contributed by atoms with van der Waals surface area (Å²) in [7, 11) is 0. The Labute approximate surface area is 118 Å². The molecule has 1 amide bonds. The molecule has 3 rings (SSSR count). The van der Waals surface area contributed by atoms with E-state index in [4.69, 9.17) is 0 Å². The molecule has 0 spiro atoms.